The van der Waals surface area contributed by atoms with Crippen LogP contribution in [-0.2, 0) is 4.79 Å². The van der Waals surface area contributed by atoms with Crippen molar-refractivity contribution in [1.29, 1.82) is 0 Å². The first-order valence-corrected chi connectivity index (χ1v) is 6.24. The van der Waals surface area contributed by atoms with E-state index < -0.39 is 0 Å². The Hall–Kier alpha value is -0.810. The monoisotopic (exact) mass is 223 g/mol. The molecule has 0 aromatic rings. The summed E-state index contributed by atoms with van der Waals surface area (Å²) in [6.45, 7) is 12.0. The smallest absolute Gasteiger partial charge is 0.153 e. The molecule has 2 nitrogen and oxygen atoms in total. The van der Waals surface area contributed by atoms with Gasteiger partial charge in [-0.05, 0) is 33.4 Å². The standard InChI is InChI=1S/C14H25NO/c1-6-10-11-12-13(16)14(5,7-2)15(8-3)9-4/h7-9,11-12H2,1-5H3. The van der Waals surface area contributed by atoms with Crippen LogP contribution in [-0.4, -0.2) is 29.3 Å². The van der Waals surface area contributed by atoms with Crippen molar-refractivity contribution in [2.45, 2.75) is 59.4 Å². The van der Waals surface area contributed by atoms with Crippen molar-refractivity contribution < 1.29 is 4.79 Å². The van der Waals surface area contributed by atoms with E-state index in [4.69, 9.17) is 0 Å². The number of hydrogen-bond acceptors (Lipinski definition) is 2. The average molecular weight is 223 g/mol. The third-order valence-corrected chi connectivity index (χ3v) is 3.40. The van der Waals surface area contributed by atoms with Crippen LogP contribution in [0, 0.1) is 11.8 Å². The van der Waals surface area contributed by atoms with Crippen LogP contribution < -0.4 is 0 Å². The Morgan fingerprint density at radius 3 is 2.19 bits per heavy atom. The second kappa shape index (κ2) is 7.46. The lowest BCUT2D eigenvalue weighted by atomic mass is 9.88. The van der Waals surface area contributed by atoms with E-state index in [1.54, 1.807) is 0 Å². The lowest BCUT2D eigenvalue weighted by Gasteiger charge is -2.38. The molecular formula is C14H25NO. The highest BCUT2D eigenvalue weighted by atomic mass is 16.1. The molecule has 1 atom stereocenters. The number of Topliss-reactive ketones (excluding diaryl/α,β-unsaturated/α-hetero) is 1. The molecule has 0 radical (unpaired) electrons. The van der Waals surface area contributed by atoms with Crippen LogP contribution in [0.25, 0.3) is 0 Å². The van der Waals surface area contributed by atoms with Gasteiger partial charge in [-0.3, -0.25) is 9.69 Å². The minimum Gasteiger partial charge on any atom is -0.298 e. The summed E-state index contributed by atoms with van der Waals surface area (Å²) < 4.78 is 0. The van der Waals surface area contributed by atoms with Crippen molar-refractivity contribution in [3.63, 3.8) is 0 Å². The Morgan fingerprint density at radius 2 is 1.81 bits per heavy atom. The molecule has 0 aromatic carbocycles. The van der Waals surface area contributed by atoms with Gasteiger partial charge in [0.1, 0.15) is 0 Å². The van der Waals surface area contributed by atoms with E-state index in [-0.39, 0.29) is 5.54 Å². The summed E-state index contributed by atoms with van der Waals surface area (Å²) >= 11 is 0. The van der Waals surface area contributed by atoms with Gasteiger partial charge in [0.05, 0.1) is 5.54 Å². The Morgan fingerprint density at radius 1 is 1.25 bits per heavy atom. The van der Waals surface area contributed by atoms with Gasteiger partial charge in [-0.2, -0.15) is 0 Å². The van der Waals surface area contributed by atoms with Gasteiger partial charge < -0.3 is 0 Å². The first kappa shape index (κ1) is 15.2. The summed E-state index contributed by atoms with van der Waals surface area (Å²) in [6, 6.07) is 0. The van der Waals surface area contributed by atoms with E-state index >= 15 is 0 Å². The third-order valence-electron chi connectivity index (χ3n) is 3.40. The van der Waals surface area contributed by atoms with Gasteiger partial charge in [-0.15, -0.1) is 11.8 Å². The summed E-state index contributed by atoms with van der Waals surface area (Å²) in [7, 11) is 0. The molecule has 0 aliphatic rings. The fraction of sp³-hybridized carbons (Fsp3) is 0.786. The van der Waals surface area contributed by atoms with Crippen LogP contribution in [0.2, 0.25) is 0 Å². The second-order valence-electron chi connectivity index (χ2n) is 4.15. The van der Waals surface area contributed by atoms with Crippen LogP contribution in [0.3, 0.4) is 0 Å². The number of hydrogen-bond donors (Lipinski definition) is 0. The van der Waals surface area contributed by atoms with E-state index in [0.717, 1.165) is 19.5 Å². The fourth-order valence-corrected chi connectivity index (χ4v) is 2.09. The summed E-state index contributed by atoms with van der Waals surface area (Å²) in [5.74, 6) is 6.12. The molecule has 0 heterocycles. The van der Waals surface area contributed by atoms with E-state index in [2.05, 4.69) is 44.4 Å². The molecule has 1 unspecified atom stereocenters. The molecule has 0 saturated heterocycles. The minimum atomic E-state index is -0.307. The lowest BCUT2D eigenvalue weighted by Crippen LogP contribution is -2.51. The molecule has 0 aromatic heterocycles. The highest BCUT2D eigenvalue weighted by Crippen LogP contribution is 2.22. The molecule has 0 bridgehead atoms. The maximum Gasteiger partial charge on any atom is 0.153 e. The summed E-state index contributed by atoms with van der Waals surface area (Å²) in [5, 5.41) is 0. The highest BCUT2D eigenvalue weighted by molar-refractivity contribution is 5.88. The zero-order valence-electron chi connectivity index (χ0n) is 11.4. The normalized spacial score (nSPS) is 14.1. The number of ketones is 1. The first-order chi connectivity index (χ1) is 7.56. The van der Waals surface area contributed by atoms with Crippen LogP contribution in [0.15, 0.2) is 0 Å². The molecule has 0 fully saturated rings. The van der Waals surface area contributed by atoms with Crippen molar-refractivity contribution in [1.82, 2.24) is 4.90 Å². The zero-order chi connectivity index (χ0) is 12.6. The van der Waals surface area contributed by atoms with Crippen molar-refractivity contribution >= 4 is 5.78 Å². The Kier molecular flexibility index (Phi) is 7.08. The van der Waals surface area contributed by atoms with E-state index in [1.807, 2.05) is 6.92 Å². The largest absolute Gasteiger partial charge is 0.298 e. The number of nitrogens with zero attached hydrogens (tertiary/aromatic N) is 1. The molecule has 0 saturated carbocycles. The number of carbonyl (C=O) groups is 1. The van der Waals surface area contributed by atoms with Gasteiger partial charge in [0.25, 0.3) is 0 Å². The lowest BCUT2D eigenvalue weighted by molar-refractivity contribution is -0.130. The number of likely N-dealkylation sites (N-methyl/N-ethyl adjacent to an activating group) is 1. The van der Waals surface area contributed by atoms with Gasteiger partial charge in [0.2, 0.25) is 0 Å². The first-order valence-electron chi connectivity index (χ1n) is 6.24. The maximum absolute atomic E-state index is 12.2. The maximum atomic E-state index is 12.2. The van der Waals surface area contributed by atoms with Crippen LogP contribution >= 0.6 is 0 Å². The predicted octanol–water partition coefficient (Wildman–Crippen LogP) is 2.87. The van der Waals surface area contributed by atoms with Gasteiger partial charge in [0, 0.05) is 12.8 Å². The van der Waals surface area contributed by atoms with Gasteiger partial charge in [-0.25, -0.2) is 0 Å². The molecule has 92 valence electrons. The Balaban J connectivity index is 4.64. The minimum absolute atomic E-state index is 0.307. The third kappa shape index (κ3) is 3.64. The fourth-order valence-electron chi connectivity index (χ4n) is 2.09. The molecule has 0 aliphatic carbocycles. The van der Waals surface area contributed by atoms with E-state index in [0.29, 0.717) is 18.6 Å². The Bertz CT molecular complexity index is 270. The molecule has 0 amide bonds. The molecular weight excluding hydrogens is 198 g/mol. The molecule has 2 heteroatoms. The van der Waals surface area contributed by atoms with E-state index in [9.17, 15) is 4.79 Å². The summed E-state index contributed by atoms with van der Waals surface area (Å²) in [5.41, 5.74) is -0.307. The van der Waals surface area contributed by atoms with Crippen LogP contribution in [0.1, 0.15) is 53.9 Å². The molecule has 0 spiro atoms. The van der Waals surface area contributed by atoms with Gasteiger partial charge >= 0.3 is 0 Å². The predicted molar refractivity (Wildman–Crippen MR) is 69.3 cm³/mol. The van der Waals surface area contributed by atoms with Crippen LogP contribution in [0.5, 0.6) is 0 Å². The van der Waals surface area contributed by atoms with Gasteiger partial charge in [0.15, 0.2) is 5.78 Å². The van der Waals surface area contributed by atoms with Crippen molar-refractivity contribution in [2.24, 2.45) is 0 Å². The summed E-state index contributed by atoms with van der Waals surface area (Å²) in [4.78, 5) is 14.5. The second-order valence-corrected chi connectivity index (χ2v) is 4.15. The topological polar surface area (TPSA) is 20.3 Å². The molecule has 0 rings (SSSR count). The van der Waals surface area contributed by atoms with Crippen molar-refractivity contribution in [2.75, 3.05) is 13.1 Å². The van der Waals surface area contributed by atoms with Crippen molar-refractivity contribution in [3.05, 3.63) is 0 Å². The average Bonchev–Trinajstić information content (AvgIpc) is 2.30. The SMILES string of the molecule is CC#CCCC(=O)C(C)(CC)N(CC)CC. The van der Waals surface area contributed by atoms with Gasteiger partial charge in [-0.1, -0.05) is 20.8 Å². The zero-order valence-corrected chi connectivity index (χ0v) is 11.4. The quantitative estimate of drug-likeness (QED) is 0.619. The Labute approximate surface area is 100 Å². The molecule has 16 heavy (non-hydrogen) atoms. The van der Waals surface area contributed by atoms with E-state index in [1.165, 1.54) is 0 Å². The number of carbonyl (C=O) groups excluding carboxylic acids is 1. The van der Waals surface area contributed by atoms with Crippen LogP contribution in [0.4, 0.5) is 0 Å². The number of rotatable bonds is 7. The van der Waals surface area contributed by atoms with Crippen molar-refractivity contribution in [3.8, 4) is 11.8 Å². The molecule has 0 aliphatic heterocycles. The summed E-state index contributed by atoms with van der Waals surface area (Å²) in [6.07, 6.45) is 2.13. The molecule has 0 N–H and O–H groups in total. The highest BCUT2D eigenvalue weighted by Gasteiger charge is 2.34.